The molecule has 3 aromatic rings. The maximum absolute atomic E-state index is 14.0. The molecule has 0 bridgehead atoms. The zero-order chi connectivity index (χ0) is 27.4. The lowest BCUT2D eigenvalue weighted by Gasteiger charge is -2.18. The van der Waals surface area contributed by atoms with Gasteiger partial charge in [-0.25, -0.2) is 17.6 Å². The standard InChI is InChI=1S/C25H21FN2O9S/c1-34-22-11-15(38(32,33)28-18-6-4-3-5-17(18)26)10-16(24(22)35-2)25(31)37-12-20(29)14-7-8-21-19(9-14)27-23(30)13-36-21/h3-11,28H,12-13H2,1-2H3,(H,27,30). The molecule has 198 valence electrons. The normalized spacial score (nSPS) is 12.4. The van der Waals surface area contributed by atoms with Crippen molar-refractivity contribution in [2.75, 3.05) is 37.5 Å². The molecular weight excluding hydrogens is 523 g/mol. The summed E-state index contributed by atoms with van der Waals surface area (Å²) >= 11 is 0. The van der Waals surface area contributed by atoms with Crippen LogP contribution in [0.3, 0.4) is 0 Å². The van der Waals surface area contributed by atoms with Crippen molar-refractivity contribution in [3.63, 3.8) is 0 Å². The summed E-state index contributed by atoms with van der Waals surface area (Å²) in [6.45, 7) is -0.851. The highest BCUT2D eigenvalue weighted by molar-refractivity contribution is 7.92. The highest BCUT2D eigenvalue weighted by atomic mass is 32.2. The molecule has 0 fully saturated rings. The number of nitrogens with one attached hydrogen (secondary N) is 2. The van der Waals surface area contributed by atoms with E-state index in [0.29, 0.717) is 11.4 Å². The molecule has 1 amide bonds. The smallest absolute Gasteiger partial charge is 0.342 e. The molecule has 38 heavy (non-hydrogen) atoms. The van der Waals surface area contributed by atoms with E-state index in [0.717, 1.165) is 18.2 Å². The predicted molar refractivity (Wildman–Crippen MR) is 132 cm³/mol. The molecule has 3 aromatic carbocycles. The predicted octanol–water partition coefficient (Wildman–Crippen LogP) is 3.01. The fourth-order valence-corrected chi connectivity index (χ4v) is 4.65. The highest BCUT2D eigenvalue weighted by Crippen LogP contribution is 2.35. The minimum Gasteiger partial charge on any atom is -0.493 e. The quantitative estimate of drug-likeness (QED) is 0.307. The summed E-state index contributed by atoms with van der Waals surface area (Å²) in [5, 5.41) is 2.57. The van der Waals surface area contributed by atoms with Gasteiger partial charge in [-0.05, 0) is 36.4 Å². The van der Waals surface area contributed by atoms with Crippen LogP contribution < -0.4 is 24.2 Å². The van der Waals surface area contributed by atoms with Gasteiger partial charge in [-0.2, -0.15) is 0 Å². The fourth-order valence-electron chi connectivity index (χ4n) is 3.54. The van der Waals surface area contributed by atoms with Crippen LogP contribution in [0.15, 0.2) is 59.5 Å². The van der Waals surface area contributed by atoms with Crippen LogP contribution in [0.2, 0.25) is 0 Å². The average Bonchev–Trinajstić information content (AvgIpc) is 2.91. The van der Waals surface area contributed by atoms with Gasteiger partial charge in [-0.3, -0.25) is 14.3 Å². The van der Waals surface area contributed by atoms with Crippen molar-refractivity contribution in [1.82, 2.24) is 0 Å². The molecule has 1 heterocycles. The lowest BCUT2D eigenvalue weighted by molar-refractivity contribution is -0.118. The number of rotatable bonds is 9. The first-order chi connectivity index (χ1) is 18.1. The minimum absolute atomic E-state index is 0.118. The second-order valence-electron chi connectivity index (χ2n) is 7.84. The largest absolute Gasteiger partial charge is 0.493 e. The van der Waals surface area contributed by atoms with Gasteiger partial charge < -0.3 is 24.3 Å². The van der Waals surface area contributed by atoms with E-state index in [1.165, 1.54) is 50.6 Å². The van der Waals surface area contributed by atoms with Crippen molar-refractivity contribution in [3.05, 3.63) is 71.5 Å². The number of carbonyl (C=O) groups is 3. The summed E-state index contributed by atoms with van der Waals surface area (Å²) in [6, 6.07) is 11.5. The number of halogens is 1. The third-order valence-corrected chi connectivity index (χ3v) is 6.71. The molecule has 0 spiro atoms. The van der Waals surface area contributed by atoms with Gasteiger partial charge in [0.2, 0.25) is 0 Å². The number of benzene rings is 3. The second-order valence-corrected chi connectivity index (χ2v) is 9.52. The average molecular weight is 545 g/mol. The highest BCUT2D eigenvalue weighted by Gasteiger charge is 2.26. The number of ketones is 1. The summed E-state index contributed by atoms with van der Waals surface area (Å²) in [5.74, 6) is -2.73. The fraction of sp³-hybridized carbons (Fsp3) is 0.160. The first kappa shape index (κ1) is 26.4. The van der Waals surface area contributed by atoms with Crippen LogP contribution in [0.5, 0.6) is 17.2 Å². The zero-order valence-electron chi connectivity index (χ0n) is 20.1. The van der Waals surface area contributed by atoms with Crippen molar-refractivity contribution < 1.29 is 46.1 Å². The van der Waals surface area contributed by atoms with E-state index in [4.69, 9.17) is 18.9 Å². The number of methoxy groups -OCH3 is 2. The van der Waals surface area contributed by atoms with E-state index < -0.39 is 39.1 Å². The lowest BCUT2D eigenvalue weighted by atomic mass is 10.1. The molecule has 1 aliphatic rings. The number of hydrogen-bond acceptors (Lipinski definition) is 9. The molecule has 13 heteroatoms. The van der Waals surface area contributed by atoms with Crippen molar-refractivity contribution in [2.24, 2.45) is 0 Å². The minimum atomic E-state index is -4.38. The Labute approximate surface area is 216 Å². The Hall–Kier alpha value is -4.65. The van der Waals surface area contributed by atoms with Gasteiger partial charge in [0.25, 0.3) is 15.9 Å². The number of carbonyl (C=O) groups excluding carboxylic acids is 3. The van der Waals surface area contributed by atoms with Crippen molar-refractivity contribution in [1.29, 1.82) is 0 Å². The van der Waals surface area contributed by atoms with Gasteiger partial charge >= 0.3 is 5.97 Å². The van der Waals surface area contributed by atoms with E-state index in [-0.39, 0.29) is 40.8 Å². The molecule has 11 nitrogen and oxygen atoms in total. The van der Waals surface area contributed by atoms with Crippen LogP contribution in [0.1, 0.15) is 20.7 Å². The zero-order valence-corrected chi connectivity index (χ0v) is 20.9. The van der Waals surface area contributed by atoms with Gasteiger partial charge in [-0.1, -0.05) is 12.1 Å². The molecule has 2 N–H and O–H groups in total. The van der Waals surface area contributed by atoms with E-state index >= 15 is 0 Å². The van der Waals surface area contributed by atoms with Crippen LogP contribution in [-0.2, 0) is 19.6 Å². The number of Topliss-reactive ketones (excluding diaryl/α,β-unsaturated/α-hetero) is 1. The van der Waals surface area contributed by atoms with E-state index in [9.17, 15) is 27.2 Å². The van der Waals surface area contributed by atoms with Gasteiger partial charge in [-0.15, -0.1) is 0 Å². The number of hydrogen-bond donors (Lipinski definition) is 2. The van der Waals surface area contributed by atoms with Crippen LogP contribution in [0.4, 0.5) is 15.8 Å². The number of sulfonamides is 1. The van der Waals surface area contributed by atoms with E-state index in [1.807, 2.05) is 0 Å². The topological polar surface area (TPSA) is 146 Å². The Bertz CT molecular complexity index is 1540. The summed E-state index contributed by atoms with van der Waals surface area (Å²) < 4.78 is 62.9. The number of ether oxygens (including phenoxy) is 4. The van der Waals surface area contributed by atoms with E-state index in [1.54, 1.807) is 0 Å². The Morgan fingerprint density at radius 2 is 1.84 bits per heavy atom. The molecule has 0 atom stereocenters. The monoisotopic (exact) mass is 544 g/mol. The van der Waals surface area contributed by atoms with Crippen molar-refractivity contribution in [2.45, 2.75) is 4.90 Å². The maximum atomic E-state index is 14.0. The van der Waals surface area contributed by atoms with Gasteiger partial charge in [0, 0.05) is 11.6 Å². The van der Waals surface area contributed by atoms with Crippen LogP contribution in [0.25, 0.3) is 0 Å². The van der Waals surface area contributed by atoms with Crippen LogP contribution in [0, 0.1) is 5.82 Å². The molecule has 0 saturated heterocycles. The summed E-state index contributed by atoms with van der Waals surface area (Å²) in [7, 11) is -1.92. The number of esters is 1. The summed E-state index contributed by atoms with van der Waals surface area (Å²) in [6.07, 6.45) is 0. The second kappa shape index (κ2) is 10.8. The molecule has 0 saturated carbocycles. The Morgan fingerprint density at radius 1 is 1.08 bits per heavy atom. The molecule has 0 aromatic heterocycles. The van der Waals surface area contributed by atoms with Gasteiger partial charge in [0.15, 0.2) is 30.5 Å². The third-order valence-electron chi connectivity index (χ3n) is 5.37. The number of fused-ring (bicyclic) bond motifs is 1. The van der Waals surface area contributed by atoms with Crippen LogP contribution >= 0.6 is 0 Å². The Kier molecular flexibility index (Phi) is 7.48. The third kappa shape index (κ3) is 5.52. The summed E-state index contributed by atoms with van der Waals surface area (Å²) in [4.78, 5) is 36.7. The first-order valence-corrected chi connectivity index (χ1v) is 12.4. The molecule has 0 radical (unpaired) electrons. The number of amides is 1. The van der Waals surface area contributed by atoms with Gasteiger partial charge in [0.1, 0.15) is 17.1 Å². The molecular formula is C25H21FN2O9S. The molecule has 0 unspecified atom stereocenters. The maximum Gasteiger partial charge on any atom is 0.342 e. The van der Waals surface area contributed by atoms with E-state index in [2.05, 4.69) is 10.0 Å². The molecule has 1 aliphatic heterocycles. The SMILES string of the molecule is COc1cc(S(=O)(=O)Nc2ccccc2F)cc(C(=O)OCC(=O)c2ccc3c(c2)NC(=O)CO3)c1OC. The first-order valence-electron chi connectivity index (χ1n) is 10.9. The number of anilines is 2. The van der Waals surface area contributed by atoms with Crippen molar-refractivity contribution in [3.8, 4) is 17.2 Å². The van der Waals surface area contributed by atoms with Crippen LogP contribution in [-0.4, -0.2) is 53.5 Å². The Morgan fingerprint density at radius 3 is 2.55 bits per heavy atom. The van der Waals surface area contributed by atoms with Crippen molar-refractivity contribution >= 4 is 39.1 Å². The molecule has 0 aliphatic carbocycles. The lowest BCUT2D eigenvalue weighted by Crippen LogP contribution is -2.25. The Balaban J connectivity index is 1.58. The van der Waals surface area contributed by atoms with Gasteiger partial charge in [0.05, 0.1) is 30.5 Å². The molecule has 4 rings (SSSR count). The number of para-hydroxylation sites is 1. The summed E-state index contributed by atoms with van der Waals surface area (Å²) in [5.41, 5.74) is -0.217.